The summed E-state index contributed by atoms with van der Waals surface area (Å²) >= 11 is 1.55. The minimum atomic E-state index is -1.18. The van der Waals surface area contributed by atoms with E-state index in [-0.39, 0.29) is 11.3 Å². The van der Waals surface area contributed by atoms with Gasteiger partial charge < -0.3 is 5.11 Å². The minimum absolute atomic E-state index is 0.178. The number of aromatic nitrogens is 4. The van der Waals surface area contributed by atoms with Crippen molar-refractivity contribution in [3.63, 3.8) is 0 Å². The Morgan fingerprint density at radius 3 is 2.74 bits per heavy atom. The molecule has 0 radical (unpaired) electrons. The van der Waals surface area contributed by atoms with E-state index in [2.05, 4.69) is 9.97 Å². The summed E-state index contributed by atoms with van der Waals surface area (Å²) in [7, 11) is 0. The minimum Gasteiger partial charge on any atom is -0.464 e. The molecule has 0 saturated carbocycles. The van der Waals surface area contributed by atoms with Crippen LogP contribution in [0.15, 0.2) is 67.1 Å². The largest absolute Gasteiger partial charge is 0.464 e. The normalized spacial score (nSPS) is 11.2. The van der Waals surface area contributed by atoms with Crippen molar-refractivity contribution >= 4 is 28.3 Å². The molecule has 31 heavy (non-hydrogen) atoms. The van der Waals surface area contributed by atoms with Crippen LogP contribution in [0.5, 0.6) is 0 Å². The number of carboxylic acid groups (broad SMARTS) is 1. The Hall–Kier alpha value is -3.91. The number of hydrogen-bond donors (Lipinski definition) is 1. The van der Waals surface area contributed by atoms with Gasteiger partial charge in [-0.2, -0.15) is 0 Å². The number of thiazole rings is 1. The molecule has 1 aromatic carbocycles. The third-order valence-electron chi connectivity index (χ3n) is 5.00. The van der Waals surface area contributed by atoms with Crippen molar-refractivity contribution in [1.82, 2.24) is 19.5 Å². The van der Waals surface area contributed by atoms with Crippen LogP contribution in [-0.4, -0.2) is 30.7 Å². The summed E-state index contributed by atoms with van der Waals surface area (Å²) in [5.41, 5.74) is 3.37. The number of benzene rings is 1. The predicted molar refractivity (Wildman–Crippen MR) is 118 cm³/mol. The highest BCUT2D eigenvalue weighted by Crippen LogP contribution is 2.36. The Labute approximate surface area is 180 Å². The second-order valence-corrected chi connectivity index (χ2v) is 8.12. The van der Waals surface area contributed by atoms with Crippen LogP contribution in [0.2, 0.25) is 0 Å². The van der Waals surface area contributed by atoms with E-state index >= 15 is 0 Å². The molecular weight excluding hydrogens is 415 g/mol. The van der Waals surface area contributed by atoms with Gasteiger partial charge in [0, 0.05) is 33.8 Å². The summed E-state index contributed by atoms with van der Waals surface area (Å²) in [5.74, 6) is -0.580. The lowest BCUT2D eigenvalue weighted by Gasteiger charge is -2.06. The van der Waals surface area contributed by atoms with E-state index in [0.717, 1.165) is 37.6 Å². The summed E-state index contributed by atoms with van der Waals surface area (Å²) in [5, 5.41) is 11.3. The van der Waals surface area contributed by atoms with Gasteiger partial charge in [0.05, 0.1) is 28.8 Å². The maximum atomic E-state index is 14.3. The van der Waals surface area contributed by atoms with Crippen molar-refractivity contribution in [2.24, 2.45) is 0 Å². The fourth-order valence-corrected chi connectivity index (χ4v) is 4.53. The molecule has 6 nitrogen and oxygen atoms in total. The molecule has 0 atom stereocenters. The molecule has 4 aromatic heterocycles. The van der Waals surface area contributed by atoms with Crippen molar-refractivity contribution in [2.75, 3.05) is 0 Å². The molecule has 0 aliphatic rings. The lowest BCUT2D eigenvalue weighted by Crippen LogP contribution is -2.09. The van der Waals surface area contributed by atoms with E-state index in [1.165, 1.54) is 12.3 Å². The van der Waals surface area contributed by atoms with E-state index in [0.29, 0.717) is 10.9 Å². The molecule has 8 heteroatoms. The van der Waals surface area contributed by atoms with Crippen LogP contribution in [-0.2, 0) is 0 Å². The summed E-state index contributed by atoms with van der Waals surface area (Å²) in [4.78, 5) is 25.8. The van der Waals surface area contributed by atoms with Crippen LogP contribution in [0.25, 0.3) is 44.1 Å². The number of rotatable bonds is 3. The molecule has 0 bridgehead atoms. The highest BCUT2D eigenvalue weighted by molar-refractivity contribution is 7.15. The van der Waals surface area contributed by atoms with Gasteiger partial charge in [0.1, 0.15) is 5.01 Å². The number of nitrogens with zero attached hydrogens (tertiary/aromatic N) is 4. The molecule has 0 aliphatic heterocycles. The zero-order valence-electron chi connectivity index (χ0n) is 16.3. The Kier molecular flexibility index (Phi) is 4.56. The lowest BCUT2D eigenvalue weighted by molar-refractivity contribution is 0.198. The topological polar surface area (TPSA) is 80.9 Å². The number of carbonyl (C=O) groups is 1. The Morgan fingerprint density at radius 1 is 1.13 bits per heavy atom. The molecule has 0 aliphatic carbocycles. The molecule has 152 valence electrons. The van der Waals surface area contributed by atoms with Gasteiger partial charge in [0.15, 0.2) is 5.82 Å². The molecule has 4 heterocycles. The van der Waals surface area contributed by atoms with Crippen molar-refractivity contribution in [1.29, 1.82) is 0 Å². The van der Waals surface area contributed by atoms with Crippen molar-refractivity contribution in [3.8, 4) is 33.2 Å². The van der Waals surface area contributed by atoms with Crippen LogP contribution in [0.1, 0.15) is 4.88 Å². The van der Waals surface area contributed by atoms with Gasteiger partial charge in [0.2, 0.25) is 0 Å². The summed E-state index contributed by atoms with van der Waals surface area (Å²) in [6, 6.07) is 14.3. The molecular formula is C23H15FN4O2S. The van der Waals surface area contributed by atoms with E-state index in [1.807, 2.05) is 37.3 Å². The van der Waals surface area contributed by atoms with Gasteiger partial charge in [-0.25, -0.2) is 18.7 Å². The monoisotopic (exact) mass is 430 g/mol. The van der Waals surface area contributed by atoms with E-state index in [4.69, 9.17) is 4.98 Å². The van der Waals surface area contributed by atoms with Crippen molar-refractivity contribution < 1.29 is 14.3 Å². The van der Waals surface area contributed by atoms with Crippen LogP contribution < -0.4 is 0 Å². The molecule has 1 N–H and O–H groups in total. The Morgan fingerprint density at radius 2 is 2.00 bits per heavy atom. The molecule has 0 unspecified atom stereocenters. The van der Waals surface area contributed by atoms with Gasteiger partial charge in [-0.05, 0) is 43.3 Å². The maximum absolute atomic E-state index is 14.3. The smallest absolute Gasteiger partial charge is 0.416 e. The van der Waals surface area contributed by atoms with Crippen molar-refractivity contribution in [2.45, 2.75) is 6.92 Å². The number of hydrogen-bond acceptors (Lipinski definition) is 5. The lowest BCUT2D eigenvalue weighted by atomic mass is 10.1. The Balaban J connectivity index is 1.66. The third-order valence-corrected chi connectivity index (χ3v) is 5.99. The quantitative estimate of drug-likeness (QED) is 0.388. The third kappa shape index (κ3) is 3.27. The van der Waals surface area contributed by atoms with Gasteiger partial charge in [-0.1, -0.05) is 12.1 Å². The number of halogens is 1. The standard InChI is InChI=1S/C23H15FN4O2S/c1-13-21(27-22(31-13)18-4-2-3-8-26-18)14-5-6-19-15(10-14)11-20(28(19)23(29)30)16-7-9-25-12-17(16)24/h2-12H,1H3,(H,29,30). The average Bonchev–Trinajstić information content (AvgIpc) is 3.35. The van der Waals surface area contributed by atoms with Crippen LogP contribution in [0.4, 0.5) is 9.18 Å². The summed E-state index contributed by atoms with van der Waals surface area (Å²) in [6.07, 6.45) is 3.05. The van der Waals surface area contributed by atoms with Crippen LogP contribution in [0, 0.1) is 12.7 Å². The molecule has 0 spiro atoms. The first kappa shape index (κ1) is 19.1. The first-order chi connectivity index (χ1) is 15.0. The molecule has 0 saturated heterocycles. The number of fused-ring (bicyclic) bond motifs is 1. The second-order valence-electron chi connectivity index (χ2n) is 6.92. The fraction of sp³-hybridized carbons (Fsp3) is 0.0435. The number of aryl methyl sites for hydroxylation is 1. The first-order valence-electron chi connectivity index (χ1n) is 9.41. The molecule has 5 aromatic rings. The molecule has 0 amide bonds. The van der Waals surface area contributed by atoms with Gasteiger partial charge in [-0.3, -0.25) is 9.97 Å². The first-order valence-corrected chi connectivity index (χ1v) is 10.2. The Bertz CT molecular complexity index is 1440. The predicted octanol–water partition coefficient (Wildman–Crippen LogP) is 5.86. The SMILES string of the molecule is Cc1sc(-c2ccccn2)nc1-c1ccc2c(c1)cc(-c1ccncc1F)n2C(=O)O. The zero-order valence-corrected chi connectivity index (χ0v) is 17.1. The maximum Gasteiger partial charge on any atom is 0.416 e. The number of pyridine rings is 2. The average molecular weight is 430 g/mol. The van der Waals surface area contributed by atoms with Gasteiger partial charge >= 0.3 is 6.09 Å². The van der Waals surface area contributed by atoms with Crippen LogP contribution >= 0.6 is 11.3 Å². The van der Waals surface area contributed by atoms with E-state index < -0.39 is 11.9 Å². The second kappa shape index (κ2) is 7.41. The van der Waals surface area contributed by atoms with Gasteiger partial charge in [-0.15, -0.1) is 11.3 Å². The van der Waals surface area contributed by atoms with Crippen LogP contribution in [0.3, 0.4) is 0 Å². The van der Waals surface area contributed by atoms with E-state index in [9.17, 15) is 14.3 Å². The molecule has 0 fully saturated rings. The zero-order chi connectivity index (χ0) is 21.5. The summed E-state index contributed by atoms with van der Waals surface area (Å²) in [6.45, 7) is 1.99. The highest BCUT2D eigenvalue weighted by atomic mass is 32.1. The van der Waals surface area contributed by atoms with E-state index in [1.54, 1.807) is 29.7 Å². The highest BCUT2D eigenvalue weighted by Gasteiger charge is 2.20. The van der Waals surface area contributed by atoms with Crippen molar-refractivity contribution in [3.05, 3.63) is 77.8 Å². The fourth-order valence-electron chi connectivity index (χ4n) is 3.61. The molecule has 5 rings (SSSR count). The van der Waals surface area contributed by atoms with Gasteiger partial charge in [0.25, 0.3) is 0 Å². The summed E-state index contributed by atoms with van der Waals surface area (Å²) < 4.78 is 15.4.